The highest BCUT2D eigenvalue weighted by molar-refractivity contribution is 7.90. The van der Waals surface area contributed by atoms with Crippen molar-refractivity contribution < 1.29 is 18.0 Å². The fraction of sp³-hybridized carbons (Fsp3) is 0.176. The van der Waals surface area contributed by atoms with Gasteiger partial charge >= 0.3 is 0 Å². The van der Waals surface area contributed by atoms with Gasteiger partial charge in [-0.1, -0.05) is 12.1 Å². The summed E-state index contributed by atoms with van der Waals surface area (Å²) in [5.41, 5.74) is 2.42. The van der Waals surface area contributed by atoms with Gasteiger partial charge in [0.05, 0.1) is 4.90 Å². The zero-order chi connectivity index (χ0) is 17.9. The third-order valence-electron chi connectivity index (χ3n) is 3.56. The summed E-state index contributed by atoms with van der Waals surface area (Å²) in [4.78, 5) is 23.2. The first-order chi connectivity index (χ1) is 11.2. The molecular weight excluding hydrogens is 328 g/mol. The normalized spacial score (nSPS) is 11.0. The van der Waals surface area contributed by atoms with Crippen LogP contribution in [0.4, 0.5) is 5.69 Å². The predicted molar refractivity (Wildman–Crippen MR) is 91.3 cm³/mol. The molecule has 7 heteroatoms. The summed E-state index contributed by atoms with van der Waals surface area (Å²) in [5, 5.41) is 2.54. The fourth-order valence-corrected chi connectivity index (χ4v) is 3.12. The smallest absolute Gasteiger partial charge is 0.265 e. The number of anilines is 1. The number of carbonyl (C=O) groups excluding carboxylic acids is 2. The molecule has 0 unspecified atom stereocenters. The lowest BCUT2D eigenvalue weighted by molar-refractivity contribution is -0.114. The Morgan fingerprint density at radius 3 is 2.17 bits per heavy atom. The Morgan fingerprint density at radius 1 is 0.958 bits per heavy atom. The van der Waals surface area contributed by atoms with E-state index >= 15 is 0 Å². The Morgan fingerprint density at radius 2 is 1.58 bits per heavy atom. The van der Waals surface area contributed by atoms with E-state index in [1.54, 1.807) is 19.1 Å². The van der Waals surface area contributed by atoms with Gasteiger partial charge in [-0.3, -0.25) is 9.59 Å². The lowest BCUT2D eigenvalue weighted by atomic mass is 10.0. The van der Waals surface area contributed by atoms with E-state index in [4.69, 9.17) is 0 Å². The second-order valence-corrected chi connectivity index (χ2v) is 7.07. The number of hydrogen-bond acceptors (Lipinski definition) is 4. The first kappa shape index (κ1) is 17.7. The molecule has 0 saturated carbocycles. The van der Waals surface area contributed by atoms with Crippen LogP contribution in [0.15, 0.2) is 47.4 Å². The largest absolute Gasteiger partial charge is 0.326 e. The minimum absolute atomic E-state index is 0.0599. The molecule has 24 heavy (non-hydrogen) atoms. The first-order valence-electron chi connectivity index (χ1n) is 7.22. The number of benzene rings is 2. The van der Waals surface area contributed by atoms with Crippen LogP contribution in [-0.2, 0) is 14.8 Å². The molecule has 0 atom stereocenters. The maximum Gasteiger partial charge on any atom is 0.265 e. The quantitative estimate of drug-likeness (QED) is 0.889. The molecule has 0 aromatic heterocycles. The molecule has 2 N–H and O–H groups in total. The van der Waals surface area contributed by atoms with Crippen molar-refractivity contribution in [1.82, 2.24) is 4.72 Å². The molecule has 0 heterocycles. The highest BCUT2D eigenvalue weighted by Crippen LogP contribution is 2.16. The molecule has 0 spiro atoms. The molecule has 0 bridgehead atoms. The highest BCUT2D eigenvalue weighted by atomic mass is 32.2. The predicted octanol–water partition coefficient (Wildman–Crippen LogP) is 2.38. The molecule has 0 fully saturated rings. The van der Waals surface area contributed by atoms with Gasteiger partial charge in [0.25, 0.3) is 15.9 Å². The molecule has 2 amide bonds. The van der Waals surface area contributed by atoms with Crippen LogP contribution in [0.3, 0.4) is 0 Å². The van der Waals surface area contributed by atoms with E-state index in [1.807, 2.05) is 13.0 Å². The van der Waals surface area contributed by atoms with Crippen LogP contribution >= 0.6 is 0 Å². The highest BCUT2D eigenvalue weighted by Gasteiger charge is 2.20. The Balaban J connectivity index is 2.23. The molecule has 0 radical (unpaired) electrons. The van der Waals surface area contributed by atoms with Crippen LogP contribution in [0, 0.1) is 13.8 Å². The molecule has 2 aromatic rings. The van der Waals surface area contributed by atoms with E-state index in [-0.39, 0.29) is 10.8 Å². The van der Waals surface area contributed by atoms with Crippen LogP contribution in [0.5, 0.6) is 0 Å². The van der Waals surface area contributed by atoms with Gasteiger partial charge in [-0.25, -0.2) is 13.1 Å². The number of hydrogen-bond donors (Lipinski definition) is 2. The second kappa shape index (κ2) is 6.84. The maximum atomic E-state index is 12.3. The van der Waals surface area contributed by atoms with Crippen molar-refractivity contribution in [2.75, 3.05) is 5.32 Å². The number of amides is 2. The van der Waals surface area contributed by atoms with Crippen LogP contribution in [0.1, 0.15) is 28.4 Å². The van der Waals surface area contributed by atoms with Crippen LogP contribution in [-0.4, -0.2) is 20.2 Å². The number of rotatable bonds is 4. The van der Waals surface area contributed by atoms with Crippen molar-refractivity contribution >= 4 is 27.5 Å². The van der Waals surface area contributed by atoms with Crippen molar-refractivity contribution in [2.24, 2.45) is 0 Å². The van der Waals surface area contributed by atoms with E-state index in [9.17, 15) is 18.0 Å². The molecule has 2 aromatic carbocycles. The Kier molecular flexibility index (Phi) is 5.04. The maximum absolute atomic E-state index is 12.3. The standard InChI is InChI=1S/C17H18N2O4S/c1-11-5-4-6-16(12(11)2)17(21)19-24(22,23)15-9-7-14(8-10-15)18-13(3)20/h4-10H,1-3H3,(H,18,20)(H,19,21). The van der Waals surface area contributed by atoms with Crippen molar-refractivity contribution in [3.63, 3.8) is 0 Å². The molecule has 6 nitrogen and oxygen atoms in total. The van der Waals surface area contributed by atoms with E-state index in [1.165, 1.54) is 31.2 Å². The molecule has 0 aliphatic heterocycles. The van der Waals surface area contributed by atoms with E-state index in [0.29, 0.717) is 11.3 Å². The van der Waals surface area contributed by atoms with Gasteiger partial charge in [-0.15, -0.1) is 0 Å². The summed E-state index contributed by atoms with van der Waals surface area (Å²) in [6, 6.07) is 10.7. The van der Waals surface area contributed by atoms with Gasteiger partial charge in [-0.2, -0.15) is 0 Å². The van der Waals surface area contributed by atoms with Gasteiger partial charge in [0.2, 0.25) is 5.91 Å². The monoisotopic (exact) mass is 346 g/mol. The summed E-state index contributed by atoms with van der Waals surface area (Å²) in [5.74, 6) is -0.934. The van der Waals surface area contributed by atoms with Gasteiger partial charge in [0, 0.05) is 18.2 Å². The SMILES string of the molecule is CC(=O)Nc1ccc(S(=O)(=O)NC(=O)c2cccc(C)c2C)cc1. The molecule has 0 aliphatic rings. The van der Waals surface area contributed by atoms with Gasteiger partial charge in [-0.05, 0) is 55.3 Å². The number of sulfonamides is 1. The van der Waals surface area contributed by atoms with E-state index in [0.717, 1.165) is 11.1 Å². The van der Waals surface area contributed by atoms with Crippen molar-refractivity contribution in [3.8, 4) is 0 Å². The number of aryl methyl sites for hydroxylation is 1. The van der Waals surface area contributed by atoms with Gasteiger partial charge in [0.15, 0.2) is 0 Å². The lowest BCUT2D eigenvalue weighted by Gasteiger charge is -2.10. The molecule has 126 valence electrons. The zero-order valence-corrected chi connectivity index (χ0v) is 14.4. The summed E-state index contributed by atoms with van der Waals surface area (Å²) in [6.45, 7) is 4.97. The lowest BCUT2D eigenvalue weighted by Crippen LogP contribution is -2.31. The summed E-state index contributed by atoms with van der Waals surface area (Å²) < 4.78 is 26.7. The molecule has 0 saturated heterocycles. The molecule has 2 rings (SSSR count). The average Bonchev–Trinajstić information content (AvgIpc) is 2.49. The summed E-state index contributed by atoms with van der Waals surface area (Å²) in [6.07, 6.45) is 0. The zero-order valence-electron chi connectivity index (χ0n) is 13.6. The number of nitrogens with one attached hydrogen (secondary N) is 2. The van der Waals surface area contributed by atoms with Gasteiger partial charge < -0.3 is 5.32 Å². The Hall–Kier alpha value is -2.67. The van der Waals surface area contributed by atoms with E-state index < -0.39 is 15.9 Å². The minimum atomic E-state index is -3.99. The minimum Gasteiger partial charge on any atom is -0.326 e. The first-order valence-corrected chi connectivity index (χ1v) is 8.70. The number of carbonyl (C=O) groups is 2. The Labute approximate surface area is 140 Å². The summed E-state index contributed by atoms with van der Waals surface area (Å²) in [7, 11) is -3.99. The van der Waals surface area contributed by atoms with Crippen molar-refractivity contribution in [2.45, 2.75) is 25.7 Å². The molecular formula is C17H18N2O4S. The van der Waals surface area contributed by atoms with Crippen molar-refractivity contribution in [3.05, 3.63) is 59.2 Å². The van der Waals surface area contributed by atoms with Crippen LogP contribution in [0.2, 0.25) is 0 Å². The van der Waals surface area contributed by atoms with Gasteiger partial charge in [0.1, 0.15) is 0 Å². The van der Waals surface area contributed by atoms with E-state index in [2.05, 4.69) is 10.0 Å². The Bertz CT molecular complexity index is 887. The van der Waals surface area contributed by atoms with Crippen LogP contribution in [0.25, 0.3) is 0 Å². The topological polar surface area (TPSA) is 92.3 Å². The third-order valence-corrected chi connectivity index (χ3v) is 4.91. The van der Waals surface area contributed by atoms with Crippen molar-refractivity contribution in [1.29, 1.82) is 0 Å². The average molecular weight is 346 g/mol. The molecule has 0 aliphatic carbocycles. The fourth-order valence-electron chi connectivity index (χ4n) is 2.15. The van der Waals surface area contributed by atoms with Crippen LogP contribution < -0.4 is 10.0 Å². The third kappa shape index (κ3) is 3.99. The second-order valence-electron chi connectivity index (χ2n) is 5.39. The summed E-state index contributed by atoms with van der Waals surface area (Å²) >= 11 is 0.